The maximum atomic E-state index is 11.4. The summed E-state index contributed by atoms with van der Waals surface area (Å²) >= 11 is 5.20. The minimum absolute atomic E-state index is 0.0749. The fourth-order valence-electron chi connectivity index (χ4n) is 2.16. The molecule has 5 nitrogen and oxygen atoms in total. The first-order valence-electron chi connectivity index (χ1n) is 7.31. The van der Waals surface area contributed by atoms with Crippen molar-refractivity contribution in [3.05, 3.63) is 42.0 Å². The van der Waals surface area contributed by atoms with Gasteiger partial charge in [0.25, 0.3) is 0 Å². The summed E-state index contributed by atoms with van der Waals surface area (Å²) < 4.78 is 0. The van der Waals surface area contributed by atoms with E-state index in [2.05, 4.69) is 39.6 Å². The molecule has 0 atom stereocenters. The van der Waals surface area contributed by atoms with E-state index in [9.17, 15) is 4.79 Å². The van der Waals surface area contributed by atoms with Crippen molar-refractivity contribution in [1.29, 1.82) is 0 Å². The summed E-state index contributed by atoms with van der Waals surface area (Å²) in [5.41, 5.74) is 3.25. The number of benzene rings is 1. The summed E-state index contributed by atoms with van der Waals surface area (Å²) in [5, 5.41) is 9.70. The predicted molar refractivity (Wildman–Crippen MR) is 93.9 cm³/mol. The topological polar surface area (TPSA) is 56.4 Å². The molecule has 3 N–H and O–H groups in total. The Labute approximate surface area is 136 Å². The van der Waals surface area contributed by atoms with E-state index in [0.29, 0.717) is 31.3 Å². The zero-order chi connectivity index (χ0) is 15.9. The van der Waals surface area contributed by atoms with Crippen LogP contribution in [0.15, 0.2) is 36.4 Å². The minimum Gasteiger partial charge on any atom is -0.360 e. The molecule has 0 aliphatic carbocycles. The first kappa shape index (κ1) is 16.3. The normalized spacial score (nSPS) is 14.2. The van der Waals surface area contributed by atoms with Gasteiger partial charge in [0.1, 0.15) is 0 Å². The van der Waals surface area contributed by atoms with Crippen molar-refractivity contribution in [3.63, 3.8) is 0 Å². The van der Waals surface area contributed by atoms with Crippen molar-refractivity contribution in [1.82, 2.24) is 16.0 Å². The number of anilines is 1. The molecular formula is C16H22N4OS. The van der Waals surface area contributed by atoms with E-state index in [4.69, 9.17) is 12.2 Å². The van der Waals surface area contributed by atoms with Gasteiger partial charge >= 0.3 is 0 Å². The highest BCUT2D eigenvalue weighted by Gasteiger charge is 2.15. The van der Waals surface area contributed by atoms with Gasteiger partial charge in [-0.05, 0) is 36.8 Å². The molecule has 0 saturated carbocycles. The number of hydrogen-bond donors (Lipinski definition) is 3. The summed E-state index contributed by atoms with van der Waals surface area (Å²) in [6.07, 6.45) is 0. The maximum Gasteiger partial charge on any atom is 0.239 e. The number of thiocarbonyl (C=S) groups is 1. The number of rotatable bonds is 5. The standard InChI is InChI=1S/C16H22N4OS/c1-12(2)9-18-16(22)19-10-13-3-5-14(6-4-13)20-8-7-17-15(21)11-20/h3-6H,1,7-11H2,2H3,(H,17,21)(H2,18,19,22). The van der Waals surface area contributed by atoms with Gasteiger partial charge in [-0.1, -0.05) is 24.3 Å². The summed E-state index contributed by atoms with van der Waals surface area (Å²) in [4.78, 5) is 13.5. The Morgan fingerprint density at radius 2 is 2.09 bits per heavy atom. The van der Waals surface area contributed by atoms with Crippen LogP contribution in [-0.4, -0.2) is 37.2 Å². The van der Waals surface area contributed by atoms with Crippen molar-refractivity contribution in [2.75, 3.05) is 31.1 Å². The third kappa shape index (κ3) is 5.04. The predicted octanol–water partition coefficient (Wildman–Crippen LogP) is 1.16. The molecular weight excluding hydrogens is 296 g/mol. The molecule has 1 aliphatic heterocycles. The van der Waals surface area contributed by atoms with E-state index < -0.39 is 0 Å². The van der Waals surface area contributed by atoms with Crippen LogP contribution in [0, 0.1) is 0 Å². The van der Waals surface area contributed by atoms with Crippen molar-refractivity contribution >= 4 is 28.9 Å². The highest BCUT2D eigenvalue weighted by Crippen LogP contribution is 2.15. The van der Waals surface area contributed by atoms with E-state index in [0.717, 1.165) is 23.4 Å². The van der Waals surface area contributed by atoms with Crippen LogP contribution in [0.5, 0.6) is 0 Å². The van der Waals surface area contributed by atoms with Crippen LogP contribution in [0.3, 0.4) is 0 Å². The number of hydrogen-bond acceptors (Lipinski definition) is 3. The molecule has 0 unspecified atom stereocenters. The van der Waals surface area contributed by atoms with E-state index in [1.54, 1.807) is 0 Å². The van der Waals surface area contributed by atoms with Gasteiger partial charge in [0.2, 0.25) is 5.91 Å². The molecule has 0 aromatic heterocycles. The van der Waals surface area contributed by atoms with E-state index in [1.165, 1.54) is 0 Å². The lowest BCUT2D eigenvalue weighted by atomic mass is 10.2. The lowest BCUT2D eigenvalue weighted by Gasteiger charge is -2.28. The molecule has 1 aromatic carbocycles. The van der Waals surface area contributed by atoms with Crippen LogP contribution in [0.2, 0.25) is 0 Å². The number of piperazine rings is 1. The fraction of sp³-hybridized carbons (Fsp3) is 0.375. The molecule has 2 rings (SSSR count). The van der Waals surface area contributed by atoms with Crippen molar-refractivity contribution < 1.29 is 4.79 Å². The minimum atomic E-state index is 0.0749. The molecule has 0 radical (unpaired) electrons. The maximum absolute atomic E-state index is 11.4. The SMILES string of the molecule is C=C(C)CNC(=S)NCc1ccc(N2CCNC(=O)C2)cc1. The largest absolute Gasteiger partial charge is 0.360 e. The van der Waals surface area contributed by atoms with Gasteiger partial charge in [-0.15, -0.1) is 0 Å². The van der Waals surface area contributed by atoms with Crippen LogP contribution < -0.4 is 20.9 Å². The van der Waals surface area contributed by atoms with E-state index in [1.807, 2.05) is 19.1 Å². The molecule has 6 heteroatoms. The van der Waals surface area contributed by atoms with Crippen LogP contribution in [0.4, 0.5) is 5.69 Å². The van der Waals surface area contributed by atoms with Gasteiger partial charge in [-0.2, -0.15) is 0 Å². The summed E-state index contributed by atoms with van der Waals surface area (Å²) in [5.74, 6) is 0.0749. The summed E-state index contributed by atoms with van der Waals surface area (Å²) in [7, 11) is 0. The Morgan fingerprint density at radius 3 is 2.73 bits per heavy atom. The molecule has 1 fully saturated rings. The lowest BCUT2D eigenvalue weighted by Crippen LogP contribution is -2.47. The molecule has 22 heavy (non-hydrogen) atoms. The zero-order valence-corrected chi connectivity index (χ0v) is 13.6. The average Bonchev–Trinajstić information content (AvgIpc) is 2.51. The first-order valence-corrected chi connectivity index (χ1v) is 7.72. The third-order valence-electron chi connectivity index (χ3n) is 3.34. The second kappa shape index (κ2) is 7.79. The molecule has 0 bridgehead atoms. The monoisotopic (exact) mass is 318 g/mol. The molecule has 1 heterocycles. The molecule has 1 aromatic rings. The Balaban J connectivity index is 1.82. The van der Waals surface area contributed by atoms with Crippen molar-refractivity contribution in [2.24, 2.45) is 0 Å². The van der Waals surface area contributed by atoms with E-state index in [-0.39, 0.29) is 5.91 Å². The summed E-state index contributed by atoms with van der Waals surface area (Å²) in [6.45, 7) is 9.09. The van der Waals surface area contributed by atoms with E-state index >= 15 is 0 Å². The van der Waals surface area contributed by atoms with Gasteiger partial charge in [0.05, 0.1) is 6.54 Å². The Morgan fingerprint density at radius 1 is 1.36 bits per heavy atom. The summed E-state index contributed by atoms with van der Waals surface area (Å²) in [6, 6.07) is 8.19. The Hall–Kier alpha value is -2.08. The lowest BCUT2D eigenvalue weighted by molar-refractivity contribution is -0.120. The average molecular weight is 318 g/mol. The molecule has 0 spiro atoms. The van der Waals surface area contributed by atoms with Crippen LogP contribution >= 0.6 is 12.2 Å². The Kier molecular flexibility index (Phi) is 5.77. The highest BCUT2D eigenvalue weighted by molar-refractivity contribution is 7.80. The quantitative estimate of drug-likeness (QED) is 0.562. The number of carbonyl (C=O) groups is 1. The fourth-order valence-corrected chi connectivity index (χ4v) is 2.30. The first-order chi connectivity index (χ1) is 10.5. The van der Waals surface area contributed by atoms with Gasteiger partial charge in [0, 0.05) is 31.9 Å². The second-order valence-electron chi connectivity index (χ2n) is 5.43. The van der Waals surface area contributed by atoms with Gasteiger partial charge in [-0.25, -0.2) is 0 Å². The molecule has 1 saturated heterocycles. The number of nitrogens with one attached hydrogen (secondary N) is 3. The van der Waals surface area contributed by atoms with Crippen LogP contribution in [0.1, 0.15) is 12.5 Å². The van der Waals surface area contributed by atoms with Crippen molar-refractivity contribution in [2.45, 2.75) is 13.5 Å². The smallest absolute Gasteiger partial charge is 0.239 e. The zero-order valence-electron chi connectivity index (χ0n) is 12.8. The Bertz CT molecular complexity index is 556. The molecule has 1 aliphatic rings. The molecule has 1 amide bonds. The van der Waals surface area contributed by atoms with Crippen LogP contribution in [0.25, 0.3) is 0 Å². The van der Waals surface area contributed by atoms with Gasteiger partial charge < -0.3 is 20.9 Å². The van der Waals surface area contributed by atoms with Crippen LogP contribution in [-0.2, 0) is 11.3 Å². The second-order valence-corrected chi connectivity index (χ2v) is 5.84. The third-order valence-corrected chi connectivity index (χ3v) is 3.63. The molecule has 118 valence electrons. The highest BCUT2D eigenvalue weighted by atomic mass is 32.1. The van der Waals surface area contributed by atoms with Gasteiger partial charge in [-0.3, -0.25) is 4.79 Å². The number of amides is 1. The van der Waals surface area contributed by atoms with Gasteiger partial charge in [0.15, 0.2) is 5.11 Å². The van der Waals surface area contributed by atoms with Crippen molar-refractivity contribution in [3.8, 4) is 0 Å². The number of carbonyl (C=O) groups excluding carboxylic acids is 1. The number of nitrogens with zero attached hydrogens (tertiary/aromatic N) is 1.